The highest BCUT2D eigenvalue weighted by Crippen LogP contribution is 2.28. The first kappa shape index (κ1) is 13.5. The number of aromatic nitrogens is 2. The zero-order valence-electron chi connectivity index (χ0n) is 11.3. The minimum absolute atomic E-state index is 0.105. The Kier molecular flexibility index (Phi) is 3.39. The lowest BCUT2D eigenvalue weighted by atomic mass is 10.1. The Labute approximate surface area is 115 Å². The number of non-ortho nitro benzene ring substituents is 1. The summed E-state index contributed by atoms with van der Waals surface area (Å²) in [5.41, 5.74) is 3.17. The van der Waals surface area contributed by atoms with Gasteiger partial charge in [-0.3, -0.25) is 14.8 Å². The lowest BCUT2D eigenvalue weighted by Crippen LogP contribution is -1.98. The van der Waals surface area contributed by atoms with E-state index in [0.717, 1.165) is 17.1 Å². The fourth-order valence-corrected chi connectivity index (χ4v) is 1.94. The number of nitro benzene ring substituents is 1. The molecule has 0 atom stereocenters. The third-order valence-corrected chi connectivity index (χ3v) is 3.10. The van der Waals surface area contributed by atoms with Gasteiger partial charge in [-0.05, 0) is 19.9 Å². The number of nitriles is 1. The minimum Gasteiger partial charge on any atom is -0.351 e. The highest BCUT2D eigenvalue weighted by molar-refractivity contribution is 5.70. The zero-order chi connectivity index (χ0) is 14.9. The van der Waals surface area contributed by atoms with Crippen LogP contribution in [0.4, 0.5) is 17.1 Å². The first-order chi connectivity index (χ1) is 9.43. The van der Waals surface area contributed by atoms with Gasteiger partial charge in [0, 0.05) is 19.2 Å². The van der Waals surface area contributed by atoms with E-state index in [1.165, 1.54) is 18.2 Å². The molecule has 2 aromatic rings. The Bertz CT molecular complexity index is 727. The number of rotatable bonds is 3. The molecule has 1 heterocycles. The van der Waals surface area contributed by atoms with Gasteiger partial charge in [0.1, 0.15) is 6.07 Å². The molecule has 0 aliphatic carbocycles. The molecule has 0 saturated heterocycles. The maximum atomic E-state index is 10.7. The van der Waals surface area contributed by atoms with Crippen LogP contribution < -0.4 is 5.32 Å². The lowest BCUT2D eigenvalue weighted by molar-refractivity contribution is -0.384. The van der Waals surface area contributed by atoms with Crippen molar-refractivity contribution in [3.05, 3.63) is 45.3 Å². The molecule has 1 aromatic heterocycles. The molecule has 0 spiro atoms. The molecule has 2 rings (SSSR count). The van der Waals surface area contributed by atoms with E-state index in [1.54, 1.807) is 4.68 Å². The summed E-state index contributed by atoms with van der Waals surface area (Å²) in [4.78, 5) is 10.2. The molecule has 0 radical (unpaired) electrons. The van der Waals surface area contributed by atoms with E-state index in [1.807, 2.05) is 27.0 Å². The van der Waals surface area contributed by atoms with E-state index < -0.39 is 4.92 Å². The number of anilines is 2. The summed E-state index contributed by atoms with van der Waals surface area (Å²) in [6, 6.07) is 6.11. The molecule has 1 N–H and O–H groups in total. The van der Waals surface area contributed by atoms with Crippen LogP contribution in [0.25, 0.3) is 0 Å². The molecule has 0 unspecified atom stereocenters. The topological polar surface area (TPSA) is 96.8 Å². The second-order valence-electron chi connectivity index (χ2n) is 4.39. The van der Waals surface area contributed by atoms with Crippen LogP contribution in [-0.2, 0) is 7.05 Å². The van der Waals surface area contributed by atoms with Gasteiger partial charge in [0.15, 0.2) is 0 Å². The second-order valence-corrected chi connectivity index (χ2v) is 4.39. The molecule has 0 amide bonds. The normalized spacial score (nSPS) is 10.1. The van der Waals surface area contributed by atoms with Gasteiger partial charge < -0.3 is 5.32 Å². The number of nitro groups is 1. The van der Waals surface area contributed by atoms with Crippen LogP contribution in [0, 0.1) is 35.3 Å². The number of nitrogens with zero attached hydrogens (tertiary/aromatic N) is 4. The van der Waals surface area contributed by atoms with E-state index in [0.29, 0.717) is 5.69 Å². The first-order valence-corrected chi connectivity index (χ1v) is 5.89. The van der Waals surface area contributed by atoms with Crippen molar-refractivity contribution >= 4 is 17.1 Å². The van der Waals surface area contributed by atoms with Gasteiger partial charge in [0.2, 0.25) is 0 Å². The molecule has 0 aliphatic heterocycles. The van der Waals surface area contributed by atoms with Gasteiger partial charge in [0.05, 0.1) is 33.2 Å². The highest BCUT2D eigenvalue weighted by atomic mass is 16.6. The zero-order valence-corrected chi connectivity index (χ0v) is 11.3. The SMILES string of the molecule is Cc1nn(C)c(C)c1Nc1ccc([N+](=O)[O-])cc1C#N. The largest absolute Gasteiger partial charge is 0.351 e. The summed E-state index contributed by atoms with van der Waals surface area (Å²) >= 11 is 0. The van der Waals surface area contributed by atoms with Crippen LogP contribution in [0.3, 0.4) is 0 Å². The predicted molar refractivity (Wildman–Crippen MR) is 73.8 cm³/mol. The Morgan fingerprint density at radius 3 is 2.65 bits per heavy atom. The quantitative estimate of drug-likeness (QED) is 0.683. The number of nitrogens with one attached hydrogen (secondary N) is 1. The van der Waals surface area contributed by atoms with E-state index >= 15 is 0 Å². The first-order valence-electron chi connectivity index (χ1n) is 5.89. The Morgan fingerprint density at radius 1 is 1.45 bits per heavy atom. The van der Waals surface area contributed by atoms with Crippen LogP contribution in [0.1, 0.15) is 17.0 Å². The van der Waals surface area contributed by atoms with Gasteiger partial charge in [-0.15, -0.1) is 0 Å². The average molecular weight is 271 g/mol. The number of hydrogen-bond donors (Lipinski definition) is 1. The van der Waals surface area contributed by atoms with Crippen molar-refractivity contribution in [3.63, 3.8) is 0 Å². The van der Waals surface area contributed by atoms with Crippen LogP contribution in [0.5, 0.6) is 0 Å². The Balaban J connectivity index is 2.44. The standard InChI is InChI=1S/C13H13N5O2/c1-8-13(9(2)17(3)16-8)15-12-5-4-11(18(19)20)6-10(12)7-14/h4-6,15H,1-3H3. The molecule has 7 nitrogen and oxygen atoms in total. The second kappa shape index (κ2) is 5.01. The van der Waals surface area contributed by atoms with E-state index in [2.05, 4.69) is 10.4 Å². The van der Waals surface area contributed by atoms with E-state index in [4.69, 9.17) is 5.26 Å². The van der Waals surface area contributed by atoms with Gasteiger partial charge >= 0.3 is 0 Å². The van der Waals surface area contributed by atoms with Gasteiger partial charge in [-0.2, -0.15) is 10.4 Å². The number of benzene rings is 1. The highest BCUT2D eigenvalue weighted by Gasteiger charge is 2.14. The monoisotopic (exact) mass is 271 g/mol. The van der Waals surface area contributed by atoms with Crippen LogP contribution >= 0.6 is 0 Å². The Morgan fingerprint density at radius 2 is 2.15 bits per heavy atom. The van der Waals surface area contributed by atoms with Crippen molar-refractivity contribution in [2.24, 2.45) is 7.05 Å². The van der Waals surface area contributed by atoms with Crippen molar-refractivity contribution in [2.75, 3.05) is 5.32 Å². The molecule has 0 fully saturated rings. The number of aryl methyl sites for hydroxylation is 2. The fourth-order valence-electron chi connectivity index (χ4n) is 1.94. The van der Waals surface area contributed by atoms with Gasteiger partial charge in [0.25, 0.3) is 5.69 Å². The van der Waals surface area contributed by atoms with Crippen LogP contribution in [0.2, 0.25) is 0 Å². The van der Waals surface area contributed by atoms with Gasteiger partial charge in [-0.25, -0.2) is 0 Å². The van der Waals surface area contributed by atoms with Crippen LogP contribution in [0.15, 0.2) is 18.2 Å². The van der Waals surface area contributed by atoms with Crippen LogP contribution in [-0.4, -0.2) is 14.7 Å². The van der Waals surface area contributed by atoms with Crippen molar-refractivity contribution in [3.8, 4) is 6.07 Å². The van der Waals surface area contributed by atoms with Crippen molar-refractivity contribution in [2.45, 2.75) is 13.8 Å². The lowest BCUT2D eigenvalue weighted by Gasteiger charge is -2.08. The molecule has 102 valence electrons. The molecule has 20 heavy (non-hydrogen) atoms. The van der Waals surface area contributed by atoms with E-state index in [-0.39, 0.29) is 11.3 Å². The molecular formula is C13H13N5O2. The summed E-state index contributed by atoms with van der Waals surface area (Å²) in [6.45, 7) is 3.76. The molecule has 0 saturated carbocycles. The predicted octanol–water partition coefficient (Wildman–Crippen LogP) is 2.56. The van der Waals surface area contributed by atoms with E-state index in [9.17, 15) is 10.1 Å². The van der Waals surface area contributed by atoms with Gasteiger partial charge in [-0.1, -0.05) is 0 Å². The summed E-state index contributed by atoms with van der Waals surface area (Å²) in [5, 5.41) is 27.2. The molecule has 7 heteroatoms. The molecule has 0 aliphatic rings. The number of hydrogen-bond acceptors (Lipinski definition) is 5. The third kappa shape index (κ3) is 2.31. The summed E-state index contributed by atoms with van der Waals surface area (Å²) < 4.78 is 1.73. The Hall–Kier alpha value is -2.88. The smallest absolute Gasteiger partial charge is 0.270 e. The summed E-state index contributed by atoms with van der Waals surface area (Å²) in [5.74, 6) is 0. The summed E-state index contributed by atoms with van der Waals surface area (Å²) in [6.07, 6.45) is 0. The molecule has 1 aromatic carbocycles. The van der Waals surface area contributed by atoms with Crippen molar-refractivity contribution < 1.29 is 4.92 Å². The third-order valence-electron chi connectivity index (χ3n) is 3.10. The maximum Gasteiger partial charge on any atom is 0.270 e. The fraction of sp³-hybridized carbons (Fsp3) is 0.231. The molecular weight excluding hydrogens is 258 g/mol. The summed E-state index contributed by atoms with van der Waals surface area (Å²) in [7, 11) is 1.83. The average Bonchev–Trinajstić information content (AvgIpc) is 2.65. The molecule has 0 bridgehead atoms. The maximum absolute atomic E-state index is 10.7. The minimum atomic E-state index is -0.523. The van der Waals surface area contributed by atoms with Crippen molar-refractivity contribution in [1.29, 1.82) is 5.26 Å². The van der Waals surface area contributed by atoms with Crippen molar-refractivity contribution in [1.82, 2.24) is 9.78 Å².